The molecule has 2 heterocycles. The van der Waals surface area contributed by atoms with Crippen LogP contribution in [0.1, 0.15) is 24.8 Å². The number of ether oxygens (including phenoxy) is 1. The number of nitrogens with zero attached hydrogens (tertiary/aromatic N) is 1. The summed E-state index contributed by atoms with van der Waals surface area (Å²) < 4.78 is 42.6. The number of alkyl halides is 3. The zero-order valence-electron chi connectivity index (χ0n) is 12.3. The fourth-order valence-corrected chi connectivity index (χ4v) is 2.47. The Morgan fingerprint density at radius 1 is 1.52 bits per heavy atom. The largest absolute Gasteiger partial charge is 0.475 e. The molecule has 0 spiro atoms. The summed E-state index contributed by atoms with van der Waals surface area (Å²) in [7, 11) is 0. The normalized spacial score (nSPS) is 18.0. The van der Waals surface area contributed by atoms with Gasteiger partial charge in [0.2, 0.25) is 11.8 Å². The summed E-state index contributed by atoms with van der Waals surface area (Å²) in [5.41, 5.74) is -0.938. The molecule has 23 heavy (non-hydrogen) atoms. The number of halogens is 4. The third-order valence-electron chi connectivity index (χ3n) is 3.39. The summed E-state index contributed by atoms with van der Waals surface area (Å²) in [5, 5.41) is 5.68. The van der Waals surface area contributed by atoms with E-state index in [1.54, 1.807) is 0 Å². The number of amides is 1. The van der Waals surface area contributed by atoms with E-state index in [-0.39, 0.29) is 36.0 Å². The zero-order chi connectivity index (χ0) is 16.9. The van der Waals surface area contributed by atoms with Gasteiger partial charge in [0.05, 0.1) is 12.1 Å². The Balaban J connectivity index is 1.72. The Morgan fingerprint density at radius 3 is 2.91 bits per heavy atom. The maximum atomic E-state index is 12.5. The van der Waals surface area contributed by atoms with E-state index >= 15 is 0 Å². The van der Waals surface area contributed by atoms with Gasteiger partial charge in [0.25, 0.3) is 0 Å². The highest BCUT2D eigenvalue weighted by molar-refractivity contribution is 6.31. The summed E-state index contributed by atoms with van der Waals surface area (Å²) >= 11 is 5.71. The second kappa shape index (κ2) is 7.83. The van der Waals surface area contributed by atoms with Crippen LogP contribution in [0.4, 0.5) is 13.2 Å². The maximum absolute atomic E-state index is 12.5. The molecular weight excluding hydrogens is 335 g/mol. The molecule has 1 atom stereocenters. The van der Waals surface area contributed by atoms with Gasteiger partial charge in [-0.2, -0.15) is 13.2 Å². The van der Waals surface area contributed by atoms with Crippen molar-refractivity contribution in [3.8, 4) is 5.88 Å². The van der Waals surface area contributed by atoms with Gasteiger partial charge in [-0.05, 0) is 25.5 Å². The highest BCUT2D eigenvalue weighted by atomic mass is 35.5. The monoisotopic (exact) mass is 351 g/mol. The standard InChI is InChI=1S/C14H17ClF3N3O2/c15-11-6-9(14(16,17)18)8-21-13(11)23-5-4-20-12(22)7-10-2-1-3-19-10/h6,8,10,19H,1-5,7H2,(H,20,22). The first-order valence-corrected chi connectivity index (χ1v) is 7.59. The van der Waals surface area contributed by atoms with Crippen LogP contribution in [0, 0.1) is 0 Å². The fourth-order valence-electron chi connectivity index (χ4n) is 2.25. The smallest absolute Gasteiger partial charge is 0.417 e. The highest BCUT2D eigenvalue weighted by Crippen LogP contribution is 2.32. The van der Waals surface area contributed by atoms with Gasteiger partial charge >= 0.3 is 6.18 Å². The van der Waals surface area contributed by atoms with Gasteiger partial charge in [0.15, 0.2) is 0 Å². The molecule has 1 aliphatic heterocycles. The summed E-state index contributed by atoms with van der Waals surface area (Å²) in [4.78, 5) is 15.2. The molecule has 1 aliphatic rings. The Labute approximate surface area is 136 Å². The van der Waals surface area contributed by atoms with Crippen molar-refractivity contribution in [1.29, 1.82) is 0 Å². The molecule has 0 aromatic carbocycles. The number of carbonyl (C=O) groups excluding carboxylic acids is 1. The van der Waals surface area contributed by atoms with Crippen LogP contribution in [-0.4, -0.2) is 36.6 Å². The van der Waals surface area contributed by atoms with Crippen molar-refractivity contribution in [1.82, 2.24) is 15.6 Å². The first-order chi connectivity index (χ1) is 10.9. The average Bonchev–Trinajstić information content (AvgIpc) is 2.96. The Hall–Kier alpha value is -1.54. The van der Waals surface area contributed by atoms with Crippen LogP contribution >= 0.6 is 11.6 Å². The van der Waals surface area contributed by atoms with Gasteiger partial charge in [0, 0.05) is 18.7 Å². The minimum absolute atomic E-state index is 0.0713. The van der Waals surface area contributed by atoms with Crippen LogP contribution < -0.4 is 15.4 Å². The molecule has 0 bridgehead atoms. The van der Waals surface area contributed by atoms with E-state index in [0.717, 1.165) is 25.5 Å². The van der Waals surface area contributed by atoms with Crippen LogP contribution in [0.5, 0.6) is 5.88 Å². The SMILES string of the molecule is O=C(CC1CCCN1)NCCOc1ncc(C(F)(F)F)cc1Cl. The highest BCUT2D eigenvalue weighted by Gasteiger charge is 2.31. The van der Waals surface area contributed by atoms with Crippen LogP contribution in [0.25, 0.3) is 0 Å². The first-order valence-electron chi connectivity index (χ1n) is 7.22. The van der Waals surface area contributed by atoms with Gasteiger partial charge in [-0.25, -0.2) is 4.98 Å². The van der Waals surface area contributed by atoms with Gasteiger partial charge in [-0.15, -0.1) is 0 Å². The lowest BCUT2D eigenvalue weighted by Crippen LogP contribution is -2.34. The number of hydrogen-bond donors (Lipinski definition) is 2. The lowest BCUT2D eigenvalue weighted by molar-refractivity contribution is -0.137. The van der Waals surface area contributed by atoms with Crippen molar-refractivity contribution in [2.75, 3.05) is 19.7 Å². The Bertz CT molecular complexity index is 549. The molecule has 0 aliphatic carbocycles. The minimum atomic E-state index is -4.50. The fraction of sp³-hybridized carbons (Fsp3) is 0.571. The molecule has 2 rings (SSSR count). The molecule has 1 aromatic heterocycles. The third kappa shape index (κ3) is 5.54. The van der Waals surface area contributed by atoms with E-state index < -0.39 is 11.7 Å². The van der Waals surface area contributed by atoms with Crippen LogP contribution in [-0.2, 0) is 11.0 Å². The minimum Gasteiger partial charge on any atom is -0.475 e. The van der Waals surface area contributed by atoms with Crippen LogP contribution in [0.2, 0.25) is 5.02 Å². The number of nitrogens with one attached hydrogen (secondary N) is 2. The lowest BCUT2D eigenvalue weighted by atomic mass is 10.1. The van der Waals surface area contributed by atoms with Crippen molar-refractivity contribution >= 4 is 17.5 Å². The molecular formula is C14H17ClF3N3O2. The molecule has 1 fully saturated rings. The maximum Gasteiger partial charge on any atom is 0.417 e. The Morgan fingerprint density at radius 2 is 2.30 bits per heavy atom. The Kier molecular flexibility index (Phi) is 6.06. The molecule has 1 amide bonds. The molecule has 0 saturated carbocycles. The van der Waals surface area contributed by atoms with E-state index in [1.165, 1.54) is 0 Å². The topological polar surface area (TPSA) is 63.2 Å². The van der Waals surface area contributed by atoms with Crippen LogP contribution in [0.3, 0.4) is 0 Å². The first kappa shape index (κ1) is 17.8. The second-order valence-corrected chi connectivity index (χ2v) is 5.61. The van der Waals surface area contributed by atoms with E-state index in [0.29, 0.717) is 12.6 Å². The van der Waals surface area contributed by atoms with Crippen molar-refractivity contribution in [2.45, 2.75) is 31.5 Å². The predicted molar refractivity (Wildman–Crippen MR) is 78.4 cm³/mol. The van der Waals surface area contributed by atoms with Gasteiger partial charge in [0.1, 0.15) is 11.6 Å². The van der Waals surface area contributed by atoms with E-state index in [9.17, 15) is 18.0 Å². The van der Waals surface area contributed by atoms with E-state index in [2.05, 4.69) is 15.6 Å². The quantitative estimate of drug-likeness (QED) is 0.772. The predicted octanol–water partition coefficient (Wildman–Crippen LogP) is 2.39. The molecule has 128 valence electrons. The van der Waals surface area contributed by atoms with Crippen molar-refractivity contribution in [3.05, 3.63) is 22.8 Å². The van der Waals surface area contributed by atoms with E-state index in [4.69, 9.17) is 16.3 Å². The van der Waals surface area contributed by atoms with Gasteiger partial charge in [-0.3, -0.25) is 4.79 Å². The molecule has 5 nitrogen and oxygen atoms in total. The van der Waals surface area contributed by atoms with Crippen molar-refractivity contribution < 1.29 is 22.7 Å². The van der Waals surface area contributed by atoms with Crippen molar-refractivity contribution in [3.63, 3.8) is 0 Å². The summed E-state index contributed by atoms with van der Waals surface area (Å²) in [5.74, 6) is -0.189. The number of carbonyl (C=O) groups is 1. The number of pyridine rings is 1. The molecule has 0 radical (unpaired) electrons. The summed E-state index contributed by atoms with van der Waals surface area (Å²) in [6.45, 7) is 1.23. The molecule has 9 heteroatoms. The molecule has 1 saturated heterocycles. The van der Waals surface area contributed by atoms with Crippen molar-refractivity contribution in [2.24, 2.45) is 0 Å². The molecule has 2 N–H and O–H groups in total. The van der Waals surface area contributed by atoms with Gasteiger partial charge in [-0.1, -0.05) is 11.6 Å². The third-order valence-corrected chi connectivity index (χ3v) is 3.66. The number of aromatic nitrogens is 1. The molecule has 1 aromatic rings. The lowest BCUT2D eigenvalue weighted by Gasteiger charge is -2.12. The number of rotatable bonds is 6. The zero-order valence-corrected chi connectivity index (χ0v) is 13.0. The summed E-state index contributed by atoms with van der Waals surface area (Å²) in [6.07, 6.45) is -1.39. The van der Waals surface area contributed by atoms with Gasteiger partial charge < -0.3 is 15.4 Å². The second-order valence-electron chi connectivity index (χ2n) is 5.20. The molecule has 1 unspecified atom stereocenters. The average molecular weight is 352 g/mol. The summed E-state index contributed by atoms with van der Waals surface area (Å²) in [6, 6.07) is 0.968. The van der Waals surface area contributed by atoms with Crippen LogP contribution in [0.15, 0.2) is 12.3 Å². The number of hydrogen-bond acceptors (Lipinski definition) is 4. The van der Waals surface area contributed by atoms with E-state index in [1.807, 2.05) is 0 Å².